The number of anilines is 1. The summed E-state index contributed by atoms with van der Waals surface area (Å²) in [6.45, 7) is 3.90. The molecule has 4 heteroatoms. The van der Waals surface area contributed by atoms with E-state index < -0.39 is 0 Å². The summed E-state index contributed by atoms with van der Waals surface area (Å²) in [5, 5.41) is 2.86. The Labute approximate surface area is 136 Å². The second kappa shape index (κ2) is 8.13. The summed E-state index contributed by atoms with van der Waals surface area (Å²) >= 11 is 0. The van der Waals surface area contributed by atoms with Gasteiger partial charge in [-0.15, -0.1) is 0 Å². The number of ketones is 1. The molecule has 0 aliphatic rings. The fraction of sp³-hybridized carbons (Fsp3) is 0.263. The number of hydrogen-bond acceptors (Lipinski definition) is 3. The van der Waals surface area contributed by atoms with Gasteiger partial charge in [-0.3, -0.25) is 9.59 Å². The van der Waals surface area contributed by atoms with Gasteiger partial charge in [0.15, 0.2) is 5.78 Å². The first kappa shape index (κ1) is 16.7. The van der Waals surface area contributed by atoms with Crippen molar-refractivity contribution >= 4 is 17.4 Å². The lowest BCUT2D eigenvalue weighted by atomic mass is 10.1. The summed E-state index contributed by atoms with van der Waals surface area (Å²) in [7, 11) is 0. The van der Waals surface area contributed by atoms with Gasteiger partial charge >= 0.3 is 0 Å². The summed E-state index contributed by atoms with van der Waals surface area (Å²) in [5.74, 6) is 0.708. The van der Waals surface area contributed by atoms with Crippen LogP contribution in [0.5, 0.6) is 5.75 Å². The van der Waals surface area contributed by atoms with Crippen molar-refractivity contribution in [3.63, 3.8) is 0 Å². The molecule has 0 unspecified atom stereocenters. The summed E-state index contributed by atoms with van der Waals surface area (Å²) in [6, 6.07) is 14.8. The molecule has 1 N–H and O–H groups in total. The minimum absolute atomic E-state index is 0.0169. The molecule has 0 atom stereocenters. The maximum atomic E-state index is 12.0. The van der Waals surface area contributed by atoms with Gasteiger partial charge in [0.1, 0.15) is 5.75 Å². The molecule has 2 rings (SSSR count). The van der Waals surface area contributed by atoms with Crippen LogP contribution in [0.1, 0.15) is 35.7 Å². The highest BCUT2D eigenvalue weighted by Gasteiger charge is 2.08. The molecule has 120 valence electrons. The number of nitrogens with one attached hydrogen (secondary N) is 1. The molecule has 0 fully saturated rings. The van der Waals surface area contributed by atoms with E-state index in [0.29, 0.717) is 30.7 Å². The predicted octanol–water partition coefficient (Wildman–Crippen LogP) is 4.00. The second-order valence-corrected chi connectivity index (χ2v) is 5.40. The van der Waals surface area contributed by atoms with Crippen LogP contribution >= 0.6 is 0 Å². The van der Waals surface area contributed by atoms with E-state index in [0.717, 1.165) is 11.3 Å². The van der Waals surface area contributed by atoms with Gasteiger partial charge < -0.3 is 10.1 Å². The molecule has 0 aliphatic carbocycles. The van der Waals surface area contributed by atoms with E-state index in [4.69, 9.17) is 4.74 Å². The van der Waals surface area contributed by atoms with Crippen LogP contribution in [0.25, 0.3) is 0 Å². The number of amides is 1. The van der Waals surface area contributed by atoms with Crippen LogP contribution in [0.15, 0.2) is 48.5 Å². The normalized spacial score (nSPS) is 10.2. The number of ether oxygens (including phenoxy) is 1. The molecule has 4 nitrogen and oxygen atoms in total. The van der Waals surface area contributed by atoms with Gasteiger partial charge in [-0.2, -0.15) is 0 Å². The Hall–Kier alpha value is -2.62. The molecule has 0 saturated heterocycles. The van der Waals surface area contributed by atoms with Crippen molar-refractivity contribution in [1.82, 2.24) is 0 Å². The number of benzene rings is 2. The largest absolute Gasteiger partial charge is 0.494 e. The van der Waals surface area contributed by atoms with Crippen LogP contribution in [0.4, 0.5) is 5.69 Å². The van der Waals surface area contributed by atoms with Crippen molar-refractivity contribution in [2.75, 3.05) is 11.9 Å². The minimum Gasteiger partial charge on any atom is -0.494 e. The summed E-state index contributed by atoms with van der Waals surface area (Å²) in [5.41, 5.74) is 2.22. The topological polar surface area (TPSA) is 55.4 Å². The lowest BCUT2D eigenvalue weighted by Crippen LogP contribution is -2.14. The zero-order valence-electron chi connectivity index (χ0n) is 13.5. The first-order chi connectivity index (χ1) is 11.1. The van der Waals surface area contributed by atoms with Crippen LogP contribution in [0.3, 0.4) is 0 Å². The van der Waals surface area contributed by atoms with Crippen molar-refractivity contribution in [3.05, 3.63) is 59.7 Å². The van der Waals surface area contributed by atoms with Gasteiger partial charge in [0.2, 0.25) is 5.91 Å². The first-order valence-electron chi connectivity index (χ1n) is 7.65. The molecule has 2 aromatic rings. The maximum absolute atomic E-state index is 12.0. The van der Waals surface area contributed by atoms with E-state index >= 15 is 0 Å². The Balaban J connectivity index is 1.81. The highest BCUT2D eigenvalue weighted by atomic mass is 16.5. The maximum Gasteiger partial charge on any atom is 0.224 e. The molecule has 1 amide bonds. The smallest absolute Gasteiger partial charge is 0.224 e. The lowest BCUT2D eigenvalue weighted by molar-refractivity contribution is -0.116. The van der Waals surface area contributed by atoms with Gasteiger partial charge in [-0.1, -0.05) is 30.3 Å². The number of Topliss-reactive ketones (excluding diaryl/α,β-unsaturated/α-hetero) is 1. The van der Waals surface area contributed by atoms with Crippen LogP contribution in [-0.2, 0) is 4.79 Å². The van der Waals surface area contributed by atoms with E-state index in [2.05, 4.69) is 5.32 Å². The summed E-state index contributed by atoms with van der Waals surface area (Å²) < 4.78 is 5.56. The third-order valence-corrected chi connectivity index (χ3v) is 3.48. The number of hydrogen-bond donors (Lipinski definition) is 1. The average Bonchev–Trinajstić information content (AvgIpc) is 2.54. The number of para-hydroxylation sites is 1. The molecule has 23 heavy (non-hydrogen) atoms. The fourth-order valence-corrected chi connectivity index (χ4v) is 2.13. The quantitative estimate of drug-likeness (QED) is 0.621. The highest BCUT2D eigenvalue weighted by molar-refractivity contribution is 5.97. The molecular weight excluding hydrogens is 290 g/mol. The van der Waals surface area contributed by atoms with Gasteiger partial charge in [0.05, 0.1) is 6.61 Å². The number of carbonyl (C=O) groups excluding carboxylic acids is 2. The molecule has 0 saturated carbocycles. The zero-order valence-corrected chi connectivity index (χ0v) is 13.5. The molecule has 0 heterocycles. The first-order valence-corrected chi connectivity index (χ1v) is 7.65. The van der Waals surface area contributed by atoms with Crippen LogP contribution < -0.4 is 10.1 Å². The minimum atomic E-state index is -0.0783. The van der Waals surface area contributed by atoms with Crippen LogP contribution in [-0.4, -0.2) is 18.3 Å². The number of aryl methyl sites for hydroxylation is 1. The van der Waals surface area contributed by atoms with E-state index in [9.17, 15) is 9.59 Å². The molecule has 0 aromatic heterocycles. The third-order valence-electron chi connectivity index (χ3n) is 3.48. The molecule has 0 bridgehead atoms. The average molecular weight is 311 g/mol. The van der Waals surface area contributed by atoms with Crippen LogP contribution in [0.2, 0.25) is 0 Å². The van der Waals surface area contributed by atoms with Crippen molar-refractivity contribution < 1.29 is 14.3 Å². The SMILES string of the molecule is CC(=O)c1ccc(C)c(NC(=O)CCCOc2ccccc2)c1. The van der Waals surface area contributed by atoms with Crippen molar-refractivity contribution in [1.29, 1.82) is 0 Å². The van der Waals surface area contributed by atoms with E-state index in [1.807, 2.05) is 43.3 Å². The van der Waals surface area contributed by atoms with E-state index in [1.54, 1.807) is 12.1 Å². The van der Waals surface area contributed by atoms with E-state index in [1.165, 1.54) is 6.92 Å². The van der Waals surface area contributed by atoms with Crippen molar-refractivity contribution in [2.24, 2.45) is 0 Å². The van der Waals surface area contributed by atoms with Crippen molar-refractivity contribution in [2.45, 2.75) is 26.7 Å². The van der Waals surface area contributed by atoms with Gasteiger partial charge in [-0.25, -0.2) is 0 Å². The molecule has 2 aromatic carbocycles. The Bertz CT molecular complexity index is 680. The molecule has 0 aliphatic heterocycles. The number of carbonyl (C=O) groups is 2. The summed E-state index contributed by atoms with van der Waals surface area (Å²) in [4.78, 5) is 23.4. The standard InChI is InChI=1S/C19H21NO3/c1-14-10-11-16(15(2)21)13-18(14)20-19(22)9-6-12-23-17-7-4-3-5-8-17/h3-5,7-8,10-11,13H,6,9,12H2,1-2H3,(H,20,22). The Morgan fingerprint density at radius 1 is 1.09 bits per heavy atom. The molecule has 0 radical (unpaired) electrons. The Morgan fingerprint density at radius 2 is 1.83 bits per heavy atom. The third kappa shape index (κ3) is 5.25. The van der Waals surface area contributed by atoms with Crippen molar-refractivity contribution in [3.8, 4) is 5.75 Å². The predicted molar refractivity (Wildman–Crippen MR) is 91.0 cm³/mol. The Morgan fingerprint density at radius 3 is 2.52 bits per heavy atom. The Kier molecular flexibility index (Phi) is 5.92. The lowest BCUT2D eigenvalue weighted by Gasteiger charge is -2.10. The summed E-state index contributed by atoms with van der Waals surface area (Å²) in [6.07, 6.45) is 1.00. The van der Waals surface area contributed by atoms with Gasteiger partial charge in [0.25, 0.3) is 0 Å². The number of rotatable bonds is 7. The molecule has 0 spiro atoms. The van der Waals surface area contributed by atoms with Gasteiger partial charge in [-0.05, 0) is 44.0 Å². The fourth-order valence-electron chi connectivity index (χ4n) is 2.13. The highest BCUT2D eigenvalue weighted by Crippen LogP contribution is 2.18. The second-order valence-electron chi connectivity index (χ2n) is 5.40. The van der Waals surface area contributed by atoms with E-state index in [-0.39, 0.29) is 11.7 Å². The van der Waals surface area contributed by atoms with Gasteiger partial charge in [0, 0.05) is 17.7 Å². The monoisotopic (exact) mass is 311 g/mol. The molecular formula is C19H21NO3. The van der Waals surface area contributed by atoms with Crippen LogP contribution in [0, 0.1) is 6.92 Å². The zero-order chi connectivity index (χ0) is 16.7.